The highest BCUT2D eigenvalue weighted by Gasteiger charge is 2.43. The zero-order chi connectivity index (χ0) is 28.6. The molecule has 0 aromatic carbocycles. The van der Waals surface area contributed by atoms with E-state index in [1.165, 1.54) is 0 Å². The minimum Gasteiger partial charge on any atom is -0.465 e. The van der Waals surface area contributed by atoms with Gasteiger partial charge in [0.1, 0.15) is 0 Å². The summed E-state index contributed by atoms with van der Waals surface area (Å²) in [6.07, 6.45) is 4.42. The Bertz CT molecular complexity index is 620. The first kappa shape index (κ1) is 35.4. The maximum atomic E-state index is 12.9. The molecular formula is C30H56O7. The number of hydrogen-bond acceptors (Lipinski definition) is 7. The first-order chi connectivity index (χ1) is 17.1. The minimum atomic E-state index is -2.33. The highest BCUT2D eigenvalue weighted by Crippen LogP contribution is 2.23. The van der Waals surface area contributed by atoms with Gasteiger partial charge in [-0.15, -0.1) is 0 Å². The van der Waals surface area contributed by atoms with Gasteiger partial charge in [-0.2, -0.15) is 0 Å². The minimum absolute atomic E-state index is 0.0955. The van der Waals surface area contributed by atoms with Crippen LogP contribution in [0, 0.1) is 35.5 Å². The van der Waals surface area contributed by atoms with Crippen molar-refractivity contribution in [2.45, 2.75) is 119 Å². The molecule has 0 saturated carbocycles. The summed E-state index contributed by atoms with van der Waals surface area (Å²) in [6.45, 7) is 19.3. The first-order valence-electron chi connectivity index (χ1n) is 14.3. The Morgan fingerprint density at radius 2 is 0.838 bits per heavy atom. The Hall–Kier alpha value is -1.63. The number of ether oxygens (including phenoxy) is 3. The van der Waals surface area contributed by atoms with Crippen molar-refractivity contribution in [1.82, 2.24) is 0 Å². The largest absolute Gasteiger partial charge is 0.465 e. The zero-order valence-electron chi connectivity index (χ0n) is 25.1. The first-order valence-corrected chi connectivity index (χ1v) is 14.3. The Labute approximate surface area is 226 Å². The highest BCUT2D eigenvalue weighted by atomic mass is 16.6. The van der Waals surface area contributed by atoms with E-state index >= 15 is 0 Å². The second kappa shape index (κ2) is 18.6. The normalized spacial score (nSPS) is 15.8. The molecule has 0 saturated heterocycles. The number of hydrogen-bond donors (Lipinski definition) is 1. The van der Waals surface area contributed by atoms with E-state index in [1.807, 2.05) is 20.8 Å². The van der Waals surface area contributed by atoms with Gasteiger partial charge in [0.05, 0.1) is 32.7 Å². The molecule has 0 bridgehead atoms. The summed E-state index contributed by atoms with van der Waals surface area (Å²) in [5.74, 6) is -0.401. The maximum absolute atomic E-state index is 12.9. The van der Waals surface area contributed by atoms with Crippen LogP contribution in [0.4, 0.5) is 0 Å². The standard InChI is InChI=1S/C30H56O7/c1-21(2)10-13-24(7)18-35-27(31)16-30(34,29(33)37-20-26(9)15-12-23(5)6)17-28(32)36-19-25(8)14-11-22(3)4/h21-26,34H,10-20H2,1-9H3. The second-order valence-electron chi connectivity index (χ2n) is 12.6. The zero-order valence-corrected chi connectivity index (χ0v) is 25.1. The van der Waals surface area contributed by atoms with E-state index in [9.17, 15) is 19.5 Å². The Morgan fingerprint density at radius 1 is 0.541 bits per heavy atom. The highest BCUT2D eigenvalue weighted by molar-refractivity contribution is 5.90. The fourth-order valence-corrected chi connectivity index (χ4v) is 3.71. The summed E-state index contributed by atoms with van der Waals surface area (Å²) in [7, 11) is 0. The van der Waals surface area contributed by atoms with Crippen LogP contribution in [0.2, 0.25) is 0 Å². The molecule has 0 aromatic rings. The molecule has 0 aromatic heterocycles. The molecule has 3 unspecified atom stereocenters. The number of carbonyl (C=O) groups is 3. The van der Waals surface area contributed by atoms with Gasteiger partial charge in [0.2, 0.25) is 0 Å². The number of esters is 3. The molecule has 0 aliphatic rings. The number of rotatable bonds is 20. The molecule has 0 aliphatic carbocycles. The van der Waals surface area contributed by atoms with E-state index in [0.29, 0.717) is 17.8 Å². The summed E-state index contributed by atoms with van der Waals surface area (Å²) in [4.78, 5) is 38.1. The fraction of sp³-hybridized carbons (Fsp3) is 0.900. The summed E-state index contributed by atoms with van der Waals surface area (Å²) >= 11 is 0. The van der Waals surface area contributed by atoms with Gasteiger partial charge in [-0.1, -0.05) is 81.6 Å². The van der Waals surface area contributed by atoms with Crippen molar-refractivity contribution >= 4 is 17.9 Å². The smallest absolute Gasteiger partial charge is 0.339 e. The molecule has 0 spiro atoms. The summed E-state index contributed by atoms with van der Waals surface area (Å²) in [6, 6.07) is 0. The van der Waals surface area contributed by atoms with E-state index in [1.54, 1.807) is 0 Å². The molecule has 0 aliphatic heterocycles. The predicted octanol–water partition coefficient (Wildman–Crippen LogP) is 6.34. The lowest BCUT2D eigenvalue weighted by Crippen LogP contribution is -2.45. The van der Waals surface area contributed by atoms with Crippen molar-refractivity contribution in [2.75, 3.05) is 19.8 Å². The summed E-state index contributed by atoms with van der Waals surface area (Å²) in [5, 5.41) is 11.2. The molecular weight excluding hydrogens is 472 g/mol. The third kappa shape index (κ3) is 18.3. The molecule has 0 radical (unpaired) electrons. The van der Waals surface area contributed by atoms with Gasteiger partial charge >= 0.3 is 17.9 Å². The van der Waals surface area contributed by atoms with E-state index in [-0.39, 0.29) is 37.6 Å². The lowest BCUT2D eigenvalue weighted by molar-refractivity contribution is -0.179. The van der Waals surface area contributed by atoms with Crippen LogP contribution in [0.15, 0.2) is 0 Å². The van der Waals surface area contributed by atoms with Crippen molar-refractivity contribution in [3.63, 3.8) is 0 Å². The predicted molar refractivity (Wildman–Crippen MR) is 147 cm³/mol. The van der Waals surface area contributed by atoms with Gasteiger partial charge in [0.15, 0.2) is 5.60 Å². The molecule has 0 heterocycles. The molecule has 0 amide bonds. The van der Waals surface area contributed by atoms with Crippen LogP contribution in [0.1, 0.15) is 114 Å². The lowest BCUT2D eigenvalue weighted by Gasteiger charge is -2.26. The van der Waals surface area contributed by atoms with Crippen molar-refractivity contribution < 1.29 is 33.7 Å². The average Bonchev–Trinajstić information content (AvgIpc) is 2.80. The van der Waals surface area contributed by atoms with E-state index in [0.717, 1.165) is 38.5 Å². The summed E-state index contributed by atoms with van der Waals surface area (Å²) in [5.41, 5.74) is -2.33. The van der Waals surface area contributed by atoms with Crippen molar-refractivity contribution in [1.29, 1.82) is 0 Å². The lowest BCUT2D eigenvalue weighted by atomic mass is 9.95. The molecule has 1 N–H and O–H groups in total. The monoisotopic (exact) mass is 528 g/mol. The summed E-state index contributed by atoms with van der Waals surface area (Å²) < 4.78 is 16.1. The molecule has 218 valence electrons. The van der Waals surface area contributed by atoms with Crippen LogP contribution in [0.5, 0.6) is 0 Å². The Morgan fingerprint density at radius 3 is 1.14 bits per heavy atom. The van der Waals surface area contributed by atoms with Crippen molar-refractivity contribution in [2.24, 2.45) is 35.5 Å². The Balaban J connectivity index is 5.12. The van der Waals surface area contributed by atoms with Crippen LogP contribution in [-0.2, 0) is 28.6 Å². The molecule has 7 heteroatoms. The van der Waals surface area contributed by atoms with Crippen molar-refractivity contribution in [3.8, 4) is 0 Å². The van der Waals surface area contributed by atoms with Crippen molar-refractivity contribution in [3.05, 3.63) is 0 Å². The third-order valence-corrected chi connectivity index (χ3v) is 6.52. The number of carbonyl (C=O) groups excluding carboxylic acids is 3. The van der Waals surface area contributed by atoms with Gasteiger partial charge < -0.3 is 19.3 Å². The van der Waals surface area contributed by atoms with Crippen LogP contribution in [-0.4, -0.2) is 48.4 Å². The van der Waals surface area contributed by atoms with E-state index in [2.05, 4.69) is 41.5 Å². The van der Waals surface area contributed by atoms with Gasteiger partial charge in [0.25, 0.3) is 0 Å². The quantitative estimate of drug-likeness (QED) is 0.145. The SMILES string of the molecule is CC(C)CCC(C)COC(=O)CC(O)(CC(=O)OCC(C)CCC(C)C)C(=O)OCC(C)CCC(C)C. The topological polar surface area (TPSA) is 99.1 Å². The van der Waals surface area contributed by atoms with E-state index < -0.39 is 36.4 Å². The third-order valence-electron chi connectivity index (χ3n) is 6.52. The maximum Gasteiger partial charge on any atom is 0.339 e. The second-order valence-corrected chi connectivity index (χ2v) is 12.6. The molecule has 3 atom stereocenters. The van der Waals surface area contributed by atoms with Gasteiger partial charge in [-0.05, 0) is 54.8 Å². The van der Waals surface area contributed by atoms with Crippen LogP contribution < -0.4 is 0 Å². The van der Waals surface area contributed by atoms with Crippen LogP contribution in [0.25, 0.3) is 0 Å². The Kier molecular flexibility index (Phi) is 17.8. The molecule has 0 fully saturated rings. The fourth-order valence-electron chi connectivity index (χ4n) is 3.71. The van der Waals surface area contributed by atoms with Gasteiger partial charge in [-0.25, -0.2) is 4.79 Å². The van der Waals surface area contributed by atoms with Crippen LogP contribution in [0.3, 0.4) is 0 Å². The van der Waals surface area contributed by atoms with Gasteiger partial charge in [-0.3, -0.25) is 9.59 Å². The molecule has 0 rings (SSSR count). The van der Waals surface area contributed by atoms with Gasteiger partial charge in [0, 0.05) is 0 Å². The number of aliphatic hydroxyl groups is 1. The molecule has 7 nitrogen and oxygen atoms in total. The average molecular weight is 529 g/mol. The van der Waals surface area contributed by atoms with E-state index in [4.69, 9.17) is 14.2 Å². The van der Waals surface area contributed by atoms with Crippen LogP contribution >= 0.6 is 0 Å². The molecule has 37 heavy (non-hydrogen) atoms.